The largest absolute Gasteiger partial charge is 0.465 e. The van der Waals surface area contributed by atoms with Gasteiger partial charge in [0.05, 0.1) is 24.8 Å². The molecule has 0 spiro atoms. The Labute approximate surface area is 123 Å². The van der Waals surface area contributed by atoms with E-state index in [1.165, 1.54) is 7.11 Å². The van der Waals surface area contributed by atoms with Crippen molar-refractivity contribution in [1.29, 1.82) is 0 Å². The first kappa shape index (κ1) is 14.8. The molecular weight excluding hydrogens is 266 g/mol. The van der Waals surface area contributed by atoms with Crippen LogP contribution in [0.25, 0.3) is 0 Å². The number of amides is 1. The van der Waals surface area contributed by atoms with Gasteiger partial charge in [-0.2, -0.15) is 0 Å². The predicted molar refractivity (Wildman–Crippen MR) is 81.3 cm³/mol. The third-order valence-electron chi connectivity index (χ3n) is 3.22. The van der Waals surface area contributed by atoms with E-state index in [1.54, 1.807) is 24.3 Å². The Balaban J connectivity index is 2.14. The van der Waals surface area contributed by atoms with Crippen LogP contribution in [0.4, 0.5) is 5.69 Å². The molecule has 0 aliphatic rings. The fraction of sp³-hybridized carbons (Fsp3) is 0.176. The van der Waals surface area contributed by atoms with Crippen LogP contribution >= 0.6 is 0 Å². The van der Waals surface area contributed by atoms with Crippen molar-refractivity contribution in [3.8, 4) is 0 Å². The van der Waals surface area contributed by atoms with Crippen LogP contribution in [0.3, 0.4) is 0 Å². The lowest BCUT2D eigenvalue weighted by Crippen LogP contribution is -2.17. The van der Waals surface area contributed by atoms with Crippen LogP contribution in [-0.4, -0.2) is 19.0 Å². The first-order valence-electron chi connectivity index (χ1n) is 6.63. The van der Waals surface area contributed by atoms with Crippen LogP contribution < -0.4 is 5.32 Å². The van der Waals surface area contributed by atoms with Gasteiger partial charge >= 0.3 is 5.97 Å². The fourth-order valence-electron chi connectivity index (χ4n) is 2.06. The minimum atomic E-state index is -0.471. The van der Waals surface area contributed by atoms with Crippen LogP contribution in [0, 0.1) is 6.92 Å². The second-order valence-electron chi connectivity index (χ2n) is 4.69. The molecule has 1 amide bonds. The van der Waals surface area contributed by atoms with E-state index in [9.17, 15) is 9.59 Å². The molecule has 0 atom stereocenters. The van der Waals surface area contributed by atoms with Crippen molar-refractivity contribution in [1.82, 2.24) is 0 Å². The van der Waals surface area contributed by atoms with Gasteiger partial charge in [0.2, 0.25) is 5.91 Å². The molecule has 0 fully saturated rings. The molecular formula is C17H17NO3. The molecule has 2 aromatic rings. The van der Waals surface area contributed by atoms with Gasteiger partial charge in [0.1, 0.15) is 0 Å². The molecule has 0 aliphatic carbocycles. The number of anilines is 1. The first-order chi connectivity index (χ1) is 10.1. The summed E-state index contributed by atoms with van der Waals surface area (Å²) in [5.41, 5.74) is 2.83. The van der Waals surface area contributed by atoms with Crippen molar-refractivity contribution >= 4 is 17.6 Å². The Bertz CT molecular complexity index is 665. The van der Waals surface area contributed by atoms with Crippen molar-refractivity contribution in [2.24, 2.45) is 0 Å². The summed E-state index contributed by atoms with van der Waals surface area (Å²) < 4.78 is 4.71. The van der Waals surface area contributed by atoms with Crippen LogP contribution in [0.15, 0.2) is 48.5 Å². The molecule has 21 heavy (non-hydrogen) atoms. The van der Waals surface area contributed by atoms with E-state index in [4.69, 9.17) is 4.74 Å². The maximum atomic E-state index is 12.1. The summed E-state index contributed by atoms with van der Waals surface area (Å²) in [4.78, 5) is 23.8. The highest BCUT2D eigenvalue weighted by molar-refractivity contribution is 6.01. The van der Waals surface area contributed by atoms with Gasteiger partial charge in [-0.15, -0.1) is 0 Å². The molecule has 0 bridgehead atoms. The minimum absolute atomic E-state index is 0.166. The van der Waals surface area contributed by atoms with Crippen LogP contribution in [0.2, 0.25) is 0 Å². The quantitative estimate of drug-likeness (QED) is 0.878. The molecule has 4 heteroatoms. The zero-order chi connectivity index (χ0) is 15.2. The lowest BCUT2D eigenvalue weighted by Gasteiger charge is -2.10. The zero-order valence-corrected chi connectivity index (χ0v) is 12.1. The number of carbonyl (C=O) groups excluding carboxylic acids is 2. The summed E-state index contributed by atoms with van der Waals surface area (Å²) in [6.45, 7) is 1.96. The van der Waals surface area contributed by atoms with Crippen molar-refractivity contribution in [2.45, 2.75) is 13.3 Å². The van der Waals surface area contributed by atoms with Crippen LogP contribution in [0.1, 0.15) is 21.5 Å². The second-order valence-corrected chi connectivity index (χ2v) is 4.69. The summed E-state index contributed by atoms with van der Waals surface area (Å²) in [6, 6.07) is 14.5. The van der Waals surface area contributed by atoms with E-state index in [1.807, 2.05) is 31.2 Å². The highest BCUT2D eigenvalue weighted by Crippen LogP contribution is 2.17. The summed E-state index contributed by atoms with van der Waals surface area (Å²) >= 11 is 0. The van der Waals surface area contributed by atoms with Gasteiger partial charge < -0.3 is 10.1 Å². The van der Waals surface area contributed by atoms with Gasteiger partial charge in [-0.05, 0) is 30.2 Å². The highest BCUT2D eigenvalue weighted by atomic mass is 16.5. The normalized spacial score (nSPS) is 10.0. The number of rotatable bonds is 4. The number of nitrogens with one attached hydrogen (secondary N) is 1. The summed E-state index contributed by atoms with van der Waals surface area (Å²) in [6.07, 6.45) is 0.266. The SMILES string of the molecule is COC(=O)c1ccccc1NC(=O)Cc1ccccc1C. The number of carbonyl (C=O) groups is 2. The molecule has 0 unspecified atom stereocenters. The van der Waals surface area contributed by atoms with E-state index in [0.717, 1.165) is 11.1 Å². The molecule has 4 nitrogen and oxygen atoms in total. The molecule has 0 aliphatic heterocycles. The molecule has 0 heterocycles. The van der Waals surface area contributed by atoms with Crippen molar-refractivity contribution in [2.75, 3.05) is 12.4 Å². The van der Waals surface area contributed by atoms with E-state index < -0.39 is 5.97 Å². The maximum Gasteiger partial charge on any atom is 0.339 e. The molecule has 0 radical (unpaired) electrons. The minimum Gasteiger partial charge on any atom is -0.465 e. The number of methoxy groups -OCH3 is 1. The number of para-hydroxylation sites is 1. The Kier molecular flexibility index (Phi) is 4.72. The van der Waals surface area contributed by atoms with Crippen LogP contribution in [-0.2, 0) is 16.0 Å². The number of hydrogen-bond donors (Lipinski definition) is 1. The number of ether oxygens (including phenoxy) is 1. The number of aryl methyl sites for hydroxylation is 1. The summed E-state index contributed by atoms with van der Waals surface area (Å²) in [7, 11) is 1.31. The summed E-state index contributed by atoms with van der Waals surface area (Å²) in [5.74, 6) is -0.637. The monoisotopic (exact) mass is 283 g/mol. The van der Waals surface area contributed by atoms with Gasteiger partial charge in [-0.3, -0.25) is 4.79 Å². The van der Waals surface area contributed by atoms with Crippen molar-refractivity contribution in [3.63, 3.8) is 0 Å². The molecule has 1 N–H and O–H groups in total. The van der Waals surface area contributed by atoms with Gasteiger partial charge in [-0.1, -0.05) is 36.4 Å². The Hall–Kier alpha value is -2.62. The van der Waals surface area contributed by atoms with Crippen LogP contribution in [0.5, 0.6) is 0 Å². The third kappa shape index (κ3) is 3.69. The average Bonchev–Trinajstić information content (AvgIpc) is 2.49. The first-order valence-corrected chi connectivity index (χ1v) is 6.63. The third-order valence-corrected chi connectivity index (χ3v) is 3.22. The maximum absolute atomic E-state index is 12.1. The second kappa shape index (κ2) is 6.70. The number of benzene rings is 2. The Morgan fingerprint density at radius 3 is 2.43 bits per heavy atom. The average molecular weight is 283 g/mol. The molecule has 0 aromatic heterocycles. The lowest BCUT2D eigenvalue weighted by atomic mass is 10.1. The Morgan fingerprint density at radius 2 is 1.71 bits per heavy atom. The highest BCUT2D eigenvalue weighted by Gasteiger charge is 2.13. The molecule has 2 rings (SSSR count). The smallest absolute Gasteiger partial charge is 0.339 e. The molecule has 0 saturated carbocycles. The van der Waals surface area contributed by atoms with E-state index in [0.29, 0.717) is 11.3 Å². The Morgan fingerprint density at radius 1 is 1.05 bits per heavy atom. The van der Waals surface area contributed by atoms with E-state index in [2.05, 4.69) is 5.32 Å². The number of hydrogen-bond acceptors (Lipinski definition) is 3. The lowest BCUT2D eigenvalue weighted by molar-refractivity contribution is -0.115. The predicted octanol–water partition coefficient (Wildman–Crippen LogP) is 2.96. The van der Waals surface area contributed by atoms with E-state index in [-0.39, 0.29) is 12.3 Å². The van der Waals surface area contributed by atoms with Gasteiger partial charge in [0.15, 0.2) is 0 Å². The van der Waals surface area contributed by atoms with Gasteiger partial charge in [0.25, 0.3) is 0 Å². The summed E-state index contributed by atoms with van der Waals surface area (Å²) in [5, 5.41) is 2.76. The molecule has 0 saturated heterocycles. The van der Waals surface area contributed by atoms with Gasteiger partial charge in [0, 0.05) is 0 Å². The zero-order valence-electron chi connectivity index (χ0n) is 12.1. The van der Waals surface area contributed by atoms with Crippen molar-refractivity contribution < 1.29 is 14.3 Å². The fourth-order valence-corrected chi connectivity index (χ4v) is 2.06. The van der Waals surface area contributed by atoms with E-state index >= 15 is 0 Å². The molecule has 108 valence electrons. The standard InChI is InChI=1S/C17H17NO3/c1-12-7-3-4-8-13(12)11-16(19)18-15-10-6-5-9-14(15)17(20)21-2/h3-10H,11H2,1-2H3,(H,18,19). The van der Waals surface area contributed by atoms with Crippen molar-refractivity contribution in [3.05, 3.63) is 65.2 Å². The topological polar surface area (TPSA) is 55.4 Å². The van der Waals surface area contributed by atoms with Gasteiger partial charge in [-0.25, -0.2) is 4.79 Å². The molecule has 2 aromatic carbocycles. The number of esters is 1.